The van der Waals surface area contributed by atoms with Crippen LogP contribution in [0.25, 0.3) is 0 Å². The highest BCUT2D eigenvalue weighted by molar-refractivity contribution is 5.86. The van der Waals surface area contributed by atoms with Crippen molar-refractivity contribution < 1.29 is 24.2 Å². The Hall–Kier alpha value is -1.14. The van der Waals surface area contributed by atoms with Crippen molar-refractivity contribution in [1.82, 2.24) is 4.90 Å². The first kappa shape index (κ1) is 13.8. The molecule has 1 N–H and O–H groups in total. The standard InChI is InChI=1S/C14H21NO5/c1-7-5-15(6-8(2)19-7)13(16)11-9-3-4-10(20-9)12(11)14(17)18/h7-12H,3-6H2,1-2H3,(H,17,18)/t7-,8-,9-,10-,11-,12-/m1/s1. The van der Waals surface area contributed by atoms with Crippen LogP contribution in [0, 0.1) is 11.8 Å². The van der Waals surface area contributed by atoms with Crippen LogP contribution in [0.1, 0.15) is 26.7 Å². The molecule has 20 heavy (non-hydrogen) atoms. The maximum atomic E-state index is 12.7. The third-order valence-corrected chi connectivity index (χ3v) is 4.57. The molecule has 0 aliphatic carbocycles. The summed E-state index contributed by atoms with van der Waals surface area (Å²) in [6.07, 6.45) is 1.02. The van der Waals surface area contributed by atoms with E-state index in [0.29, 0.717) is 13.1 Å². The molecular weight excluding hydrogens is 262 g/mol. The van der Waals surface area contributed by atoms with Crippen molar-refractivity contribution in [2.24, 2.45) is 11.8 Å². The lowest BCUT2D eigenvalue weighted by Crippen LogP contribution is -2.53. The molecule has 0 aromatic carbocycles. The summed E-state index contributed by atoms with van der Waals surface area (Å²) in [5.74, 6) is -2.20. The molecule has 3 aliphatic rings. The van der Waals surface area contributed by atoms with E-state index in [1.807, 2.05) is 13.8 Å². The van der Waals surface area contributed by atoms with Gasteiger partial charge in [-0.1, -0.05) is 0 Å². The van der Waals surface area contributed by atoms with Crippen molar-refractivity contribution in [3.8, 4) is 0 Å². The maximum absolute atomic E-state index is 12.7. The van der Waals surface area contributed by atoms with Crippen molar-refractivity contribution in [3.63, 3.8) is 0 Å². The third-order valence-electron chi connectivity index (χ3n) is 4.57. The number of aliphatic carboxylic acids is 1. The van der Waals surface area contributed by atoms with E-state index in [1.54, 1.807) is 4.90 Å². The number of carboxylic acids is 1. The summed E-state index contributed by atoms with van der Waals surface area (Å²) < 4.78 is 11.3. The molecule has 112 valence electrons. The quantitative estimate of drug-likeness (QED) is 0.798. The molecule has 6 nitrogen and oxygen atoms in total. The summed E-state index contributed by atoms with van der Waals surface area (Å²) in [6.45, 7) is 4.93. The largest absolute Gasteiger partial charge is 0.481 e. The van der Waals surface area contributed by atoms with Crippen LogP contribution in [0.3, 0.4) is 0 Å². The number of carbonyl (C=O) groups excluding carboxylic acids is 1. The number of rotatable bonds is 2. The molecule has 0 spiro atoms. The molecule has 0 radical (unpaired) electrons. The van der Waals surface area contributed by atoms with E-state index in [4.69, 9.17) is 9.47 Å². The summed E-state index contributed by atoms with van der Waals surface area (Å²) in [7, 11) is 0. The van der Waals surface area contributed by atoms with Gasteiger partial charge < -0.3 is 19.5 Å². The first-order valence-electron chi connectivity index (χ1n) is 7.30. The van der Waals surface area contributed by atoms with Crippen LogP contribution in [-0.2, 0) is 19.1 Å². The molecule has 0 aromatic rings. The number of hydrogen-bond donors (Lipinski definition) is 1. The molecule has 1 amide bonds. The minimum Gasteiger partial charge on any atom is -0.481 e. The van der Waals surface area contributed by atoms with Gasteiger partial charge in [-0.05, 0) is 26.7 Å². The summed E-state index contributed by atoms with van der Waals surface area (Å²) in [4.78, 5) is 25.9. The average Bonchev–Trinajstić information content (AvgIpc) is 2.96. The van der Waals surface area contributed by atoms with Crippen LogP contribution >= 0.6 is 0 Å². The van der Waals surface area contributed by atoms with Crippen LogP contribution in [0.15, 0.2) is 0 Å². The molecular formula is C14H21NO5. The molecule has 3 aliphatic heterocycles. The molecule has 3 saturated heterocycles. The van der Waals surface area contributed by atoms with E-state index >= 15 is 0 Å². The molecule has 3 fully saturated rings. The van der Waals surface area contributed by atoms with E-state index in [-0.39, 0.29) is 30.3 Å². The SMILES string of the molecule is C[C@@H]1CN(C(=O)[C@H]2[C@H](C(=O)O)[C@H]3CC[C@H]2O3)C[C@@H](C)O1. The monoisotopic (exact) mass is 283 g/mol. The zero-order valence-electron chi connectivity index (χ0n) is 11.8. The van der Waals surface area contributed by atoms with Gasteiger partial charge in [-0.15, -0.1) is 0 Å². The number of nitrogens with zero attached hydrogens (tertiary/aromatic N) is 1. The first-order valence-corrected chi connectivity index (χ1v) is 7.30. The number of carbonyl (C=O) groups is 2. The summed E-state index contributed by atoms with van der Waals surface area (Å²) in [5.41, 5.74) is 0. The van der Waals surface area contributed by atoms with E-state index in [9.17, 15) is 14.7 Å². The fraction of sp³-hybridized carbons (Fsp3) is 0.857. The first-order chi connectivity index (χ1) is 9.47. The smallest absolute Gasteiger partial charge is 0.310 e. The zero-order chi connectivity index (χ0) is 14.4. The molecule has 3 heterocycles. The Morgan fingerprint density at radius 2 is 1.55 bits per heavy atom. The summed E-state index contributed by atoms with van der Waals surface area (Å²) >= 11 is 0. The van der Waals surface area contributed by atoms with Gasteiger partial charge in [0.1, 0.15) is 0 Å². The number of fused-ring (bicyclic) bond motifs is 2. The topological polar surface area (TPSA) is 76.1 Å². The van der Waals surface area contributed by atoms with E-state index in [1.165, 1.54) is 0 Å². The Bertz CT molecular complexity index is 416. The lowest BCUT2D eigenvalue weighted by atomic mass is 9.78. The fourth-order valence-corrected chi connectivity index (χ4v) is 3.87. The highest BCUT2D eigenvalue weighted by atomic mass is 16.5. The van der Waals surface area contributed by atoms with E-state index < -0.39 is 17.8 Å². The second kappa shape index (κ2) is 5.00. The third kappa shape index (κ3) is 2.20. The molecule has 6 heteroatoms. The van der Waals surface area contributed by atoms with Gasteiger partial charge in [0.15, 0.2) is 0 Å². The fourth-order valence-electron chi connectivity index (χ4n) is 3.87. The van der Waals surface area contributed by atoms with Crippen LogP contribution < -0.4 is 0 Å². The highest BCUT2D eigenvalue weighted by Crippen LogP contribution is 2.44. The molecule has 3 rings (SSSR count). The Morgan fingerprint density at radius 3 is 2.10 bits per heavy atom. The van der Waals surface area contributed by atoms with Crippen molar-refractivity contribution >= 4 is 11.9 Å². The van der Waals surface area contributed by atoms with Gasteiger partial charge >= 0.3 is 5.97 Å². The van der Waals surface area contributed by atoms with Gasteiger partial charge in [0.25, 0.3) is 0 Å². The van der Waals surface area contributed by atoms with Crippen molar-refractivity contribution in [2.75, 3.05) is 13.1 Å². The van der Waals surface area contributed by atoms with Crippen molar-refractivity contribution in [3.05, 3.63) is 0 Å². The van der Waals surface area contributed by atoms with Crippen molar-refractivity contribution in [2.45, 2.75) is 51.1 Å². The predicted molar refractivity (Wildman–Crippen MR) is 69.1 cm³/mol. The highest BCUT2D eigenvalue weighted by Gasteiger charge is 2.56. The van der Waals surface area contributed by atoms with Gasteiger partial charge in [-0.2, -0.15) is 0 Å². The van der Waals surface area contributed by atoms with E-state index in [0.717, 1.165) is 12.8 Å². The van der Waals surface area contributed by atoms with Gasteiger partial charge in [0.05, 0.1) is 36.3 Å². The Balaban J connectivity index is 1.77. The molecule has 0 saturated carbocycles. The summed E-state index contributed by atoms with van der Waals surface area (Å²) in [6, 6.07) is 0. The summed E-state index contributed by atoms with van der Waals surface area (Å²) in [5, 5.41) is 9.38. The Kier molecular flexibility index (Phi) is 3.46. The normalized spacial score (nSPS) is 43.8. The number of hydrogen-bond acceptors (Lipinski definition) is 4. The van der Waals surface area contributed by atoms with Gasteiger partial charge in [0, 0.05) is 13.1 Å². The Morgan fingerprint density at radius 1 is 1.00 bits per heavy atom. The zero-order valence-corrected chi connectivity index (χ0v) is 11.8. The van der Waals surface area contributed by atoms with E-state index in [2.05, 4.69) is 0 Å². The minimum atomic E-state index is -0.912. The number of ether oxygens (including phenoxy) is 2. The molecule has 0 unspecified atom stereocenters. The van der Waals surface area contributed by atoms with Crippen molar-refractivity contribution in [1.29, 1.82) is 0 Å². The number of carboxylic acid groups (broad SMARTS) is 1. The maximum Gasteiger partial charge on any atom is 0.310 e. The minimum absolute atomic E-state index is 0.00881. The average molecular weight is 283 g/mol. The second-order valence-electron chi connectivity index (χ2n) is 6.18. The van der Waals surface area contributed by atoms with Gasteiger partial charge in [-0.25, -0.2) is 0 Å². The van der Waals surface area contributed by atoms with Crippen LogP contribution in [0.4, 0.5) is 0 Å². The molecule has 6 atom stereocenters. The van der Waals surface area contributed by atoms with Crippen LogP contribution in [-0.4, -0.2) is 59.4 Å². The molecule has 2 bridgehead atoms. The lowest BCUT2D eigenvalue weighted by Gasteiger charge is -2.38. The second-order valence-corrected chi connectivity index (χ2v) is 6.18. The van der Waals surface area contributed by atoms with Gasteiger partial charge in [0.2, 0.25) is 5.91 Å². The van der Waals surface area contributed by atoms with Crippen LogP contribution in [0.5, 0.6) is 0 Å². The predicted octanol–water partition coefficient (Wildman–Crippen LogP) is 0.500. The van der Waals surface area contributed by atoms with Gasteiger partial charge in [-0.3, -0.25) is 9.59 Å². The molecule has 0 aromatic heterocycles. The lowest BCUT2D eigenvalue weighted by molar-refractivity contribution is -0.156. The number of amides is 1. The Labute approximate surface area is 118 Å². The van der Waals surface area contributed by atoms with Crippen LogP contribution in [0.2, 0.25) is 0 Å². The number of morpholine rings is 1.